The first-order valence-corrected chi connectivity index (χ1v) is 12.0. The van der Waals surface area contributed by atoms with Crippen molar-refractivity contribution >= 4 is 45.3 Å². The number of halogens is 1. The molecule has 1 aliphatic heterocycles. The molecule has 1 aromatic carbocycles. The van der Waals surface area contributed by atoms with E-state index in [-0.39, 0.29) is 41.4 Å². The number of esters is 1. The van der Waals surface area contributed by atoms with Gasteiger partial charge in [0.25, 0.3) is 5.91 Å². The number of imide groups is 1. The van der Waals surface area contributed by atoms with Gasteiger partial charge in [-0.25, -0.2) is 4.79 Å². The Balaban J connectivity index is 1.42. The molecule has 3 fully saturated rings. The second-order valence-corrected chi connectivity index (χ2v) is 10.5. The highest BCUT2D eigenvalue weighted by atomic mass is 79.9. The fourth-order valence-electron chi connectivity index (χ4n) is 5.71. The quantitative estimate of drug-likeness (QED) is 0.471. The second-order valence-electron chi connectivity index (χ2n) is 9.69. The van der Waals surface area contributed by atoms with Crippen LogP contribution < -0.4 is 5.32 Å². The number of likely N-dealkylation sites (tertiary alicyclic amines) is 1. The summed E-state index contributed by atoms with van der Waals surface area (Å²) < 4.78 is 6.23. The van der Waals surface area contributed by atoms with Crippen LogP contribution in [0.2, 0.25) is 0 Å². The minimum Gasteiger partial charge on any atom is -0.454 e. The maximum absolute atomic E-state index is 13.1. The van der Waals surface area contributed by atoms with Gasteiger partial charge in [0.15, 0.2) is 6.61 Å². The van der Waals surface area contributed by atoms with Crippen molar-refractivity contribution in [2.75, 3.05) is 11.9 Å². The van der Waals surface area contributed by atoms with Crippen LogP contribution in [-0.2, 0) is 23.9 Å². The summed E-state index contributed by atoms with van der Waals surface area (Å²) in [6.07, 6.45) is 2.89. The van der Waals surface area contributed by atoms with Crippen molar-refractivity contribution in [2.45, 2.75) is 53.0 Å². The van der Waals surface area contributed by atoms with E-state index < -0.39 is 24.5 Å². The van der Waals surface area contributed by atoms with Crippen molar-refractivity contribution in [3.8, 4) is 0 Å². The summed E-state index contributed by atoms with van der Waals surface area (Å²) in [6.45, 7) is 6.87. The summed E-state index contributed by atoms with van der Waals surface area (Å²) in [5.41, 5.74) is 2.48. The number of carbonyl (C=O) groups is 4. The van der Waals surface area contributed by atoms with Gasteiger partial charge in [-0.05, 0) is 74.1 Å². The Morgan fingerprint density at radius 3 is 2.25 bits per heavy atom. The van der Waals surface area contributed by atoms with E-state index in [1.54, 1.807) is 13.8 Å². The predicted molar refractivity (Wildman–Crippen MR) is 121 cm³/mol. The average Bonchev–Trinajstić information content (AvgIpc) is 3.40. The van der Waals surface area contributed by atoms with Gasteiger partial charge in [0.05, 0.1) is 11.8 Å². The largest absolute Gasteiger partial charge is 0.454 e. The van der Waals surface area contributed by atoms with Crippen molar-refractivity contribution in [2.24, 2.45) is 29.6 Å². The number of ether oxygens (including phenoxy) is 1. The fraction of sp³-hybridized carbons (Fsp3) is 0.583. The number of benzene rings is 1. The molecule has 4 rings (SSSR count). The van der Waals surface area contributed by atoms with Gasteiger partial charge in [0.1, 0.15) is 6.04 Å². The SMILES string of the molecule is Cc1cc(NC(=O)COC(=O)[C@H](C(C)C)N2C(=O)[C@@H]3[C@H]4CC[C@@H](C4)[C@@H]3C2=O)c(C)cc1Br. The molecular formula is C24H29BrN2O5. The van der Waals surface area contributed by atoms with Gasteiger partial charge in [-0.15, -0.1) is 0 Å². The molecule has 5 atom stereocenters. The highest BCUT2D eigenvalue weighted by Crippen LogP contribution is 2.56. The van der Waals surface area contributed by atoms with Gasteiger partial charge in [0, 0.05) is 10.2 Å². The van der Waals surface area contributed by atoms with Crippen LogP contribution >= 0.6 is 15.9 Å². The topological polar surface area (TPSA) is 92.8 Å². The lowest BCUT2D eigenvalue weighted by Crippen LogP contribution is -2.50. The highest BCUT2D eigenvalue weighted by Gasteiger charge is 2.62. The number of hydrogen-bond donors (Lipinski definition) is 1. The number of carbonyl (C=O) groups excluding carboxylic acids is 4. The zero-order chi connectivity index (χ0) is 23.3. The van der Waals surface area contributed by atoms with Crippen molar-refractivity contribution in [3.05, 3.63) is 27.7 Å². The fourth-order valence-corrected chi connectivity index (χ4v) is 6.16. The Morgan fingerprint density at radius 2 is 1.69 bits per heavy atom. The average molecular weight is 505 g/mol. The molecule has 7 nitrogen and oxygen atoms in total. The smallest absolute Gasteiger partial charge is 0.330 e. The molecule has 1 N–H and O–H groups in total. The highest BCUT2D eigenvalue weighted by molar-refractivity contribution is 9.10. The van der Waals surface area contributed by atoms with Crippen molar-refractivity contribution in [1.82, 2.24) is 4.90 Å². The van der Waals surface area contributed by atoms with E-state index in [1.807, 2.05) is 26.0 Å². The van der Waals surface area contributed by atoms with Crippen LogP contribution in [0.4, 0.5) is 5.69 Å². The molecule has 0 radical (unpaired) electrons. The number of nitrogens with one attached hydrogen (secondary N) is 1. The Bertz CT molecular complexity index is 963. The summed E-state index contributed by atoms with van der Waals surface area (Å²) in [6, 6.07) is 2.73. The first kappa shape index (κ1) is 23.0. The number of anilines is 1. The van der Waals surface area contributed by atoms with Gasteiger partial charge < -0.3 is 10.1 Å². The molecule has 1 aromatic rings. The molecule has 172 valence electrons. The lowest BCUT2D eigenvalue weighted by Gasteiger charge is -2.28. The number of amides is 3. The minimum absolute atomic E-state index is 0.242. The van der Waals surface area contributed by atoms with E-state index in [9.17, 15) is 19.2 Å². The molecule has 1 saturated heterocycles. The monoisotopic (exact) mass is 504 g/mol. The first-order valence-electron chi connectivity index (χ1n) is 11.2. The van der Waals surface area contributed by atoms with E-state index >= 15 is 0 Å². The molecule has 2 saturated carbocycles. The van der Waals surface area contributed by atoms with Crippen molar-refractivity contribution in [3.63, 3.8) is 0 Å². The zero-order valence-electron chi connectivity index (χ0n) is 18.8. The lowest BCUT2D eigenvalue weighted by atomic mass is 9.81. The van der Waals surface area contributed by atoms with Gasteiger partial charge in [-0.1, -0.05) is 29.8 Å². The van der Waals surface area contributed by atoms with Gasteiger partial charge in [0.2, 0.25) is 11.8 Å². The van der Waals surface area contributed by atoms with Crippen LogP contribution in [-0.4, -0.2) is 41.2 Å². The van der Waals surface area contributed by atoms with Gasteiger partial charge >= 0.3 is 5.97 Å². The molecule has 2 aliphatic carbocycles. The Morgan fingerprint density at radius 1 is 1.09 bits per heavy atom. The molecule has 32 heavy (non-hydrogen) atoms. The predicted octanol–water partition coefficient (Wildman–Crippen LogP) is 3.60. The van der Waals surface area contributed by atoms with E-state index in [0.717, 1.165) is 39.8 Å². The third-order valence-electron chi connectivity index (χ3n) is 7.24. The van der Waals surface area contributed by atoms with Crippen LogP contribution in [0.1, 0.15) is 44.2 Å². The Hall–Kier alpha value is -2.22. The number of rotatable bonds is 6. The van der Waals surface area contributed by atoms with E-state index in [2.05, 4.69) is 21.2 Å². The van der Waals surface area contributed by atoms with Crippen LogP contribution in [0.5, 0.6) is 0 Å². The second kappa shape index (κ2) is 8.61. The third-order valence-corrected chi connectivity index (χ3v) is 8.09. The normalized spacial score (nSPS) is 27.1. The molecule has 1 heterocycles. The molecule has 0 aromatic heterocycles. The van der Waals surface area contributed by atoms with Crippen LogP contribution in [0, 0.1) is 43.4 Å². The lowest BCUT2D eigenvalue weighted by molar-refractivity contribution is -0.162. The third kappa shape index (κ3) is 3.87. The maximum Gasteiger partial charge on any atom is 0.330 e. The van der Waals surface area contributed by atoms with Gasteiger partial charge in [-0.3, -0.25) is 19.3 Å². The van der Waals surface area contributed by atoms with Crippen LogP contribution in [0.15, 0.2) is 16.6 Å². The molecule has 8 heteroatoms. The molecule has 0 unspecified atom stereocenters. The molecule has 3 aliphatic rings. The summed E-state index contributed by atoms with van der Waals surface area (Å²) in [4.78, 5) is 52.7. The minimum atomic E-state index is -1.01. The van der Waals surface area contributed by atoms with Crippen LogP contribution in [0.25, 0.3) is 0 Å². The maximum atomic E-state index is 13.1. The standard InChI is InChI=1S/C24H29BrN2O5/c1-11(2)21(27-22(29)19-14-5-6-15(9-14)20(19)23(27)30)24(31)32-10-18(28)26-17-8-12(3)16(25)7-13(17)4/h7-8,11,14-15,19-21H,5-6,9-10H2,1-4H3,(H,26,28)/t14-,15-,19-,20+,21-/m0/s1. The number of nitrogens with zero attached hydrogens (tertiary/aromatic N) is 1. The molecule has 0 spiro atoms. The summed E-state index contributed by atoms with van der Waals surface area (Å²) in [7, 11) is 0. The Kier molecular flexibility index (Phi) is 6.18. The zero-order valence-corrected chi connectivity index (χ0v) is 20.4. The Labute approximate surface area is 196 Å². The van der Waals surface area contributed by atoms with Crippen LogP contribution in [0.3, 0.4) is 0 Å². The molecular weight excluding hydrogens is 476 g/mol. The number of hydrogen-bond acceptors (Lipinski definition) is 5. The molecule has 3 amide bonds. The summed E-state index contributed by atoms with van der Waals surface area (Å²) >= 11 is 3.45. The van der Waals surface area contributed by atoms with Crippen molar-refractivity contribution < 1.29 is 23.9 Å². The molecule has 2 bridgehead atoms. The number of aryl methyl sites for hydroxylation is 2. The van der Waals surface area contributed by atoms with E-state index in [4.69, 9.17) is 4.74 Å². The summed E-state index contributed by atoms with van der Waals surface area (Å²) in [5.74, 6) is -2.07. The van der Waals surface area contributed by atoms with Gasteiger partial charge in [-0.2, -0.15) is 0 Å². The summed E-state index contributed by atoms with van der Waals surface area (Å²) in [5, 5.41) is 2.76. The van der Waals surface area contributed by atoms with E-state index in [0.29, 0.717) is 5.69 Å². The number of fused-ring (bicyclic) bond motifs is 5. The first-order chi connectivity index (χ1) is 15.1. The van der Waals surface area contributed by atoms with Crippen molar-refractivity contribution in [1.29, 1.82) is 0 Å². The van der Waals surface area contributed by atoms with E-state index in [1.165, 1.54) is 0 Å².